The van der Waals surface area contributed by atoms with Crippen LogP contribution in [0.1, 0.15) is 22.2 Å². The Bertz CT molecular complexity index is 678. The van der Waals surface area contributed by atoms with Gasteiger partial charge < -0.3 is 14.7 Å². The van der Waals surface area contributed by atoms with E-state index in [2.05, 4.69) is 9.97 Å². The molecule has 1 unspecified atom stereocenters. The zero-order valence-electron chi connectivity index (χ0n) is 11.6. The van der Waals surface area contributed by atoms with E-state index < -0.39 is 12.1 Å². The molecular weight excluding hydrogens is 289 g/mol. The number of aromatic carboxylic acids is 1. The Kier molecular flexibility index (Phi) is 3.97. The van der Waals surface area contributed by atoms with Crippen molar-refractivity contribution in [2.24, 2.45) is 0 Å². The molecule has 1 aliphatic heterocycles. The molecule has 1 aromatic heterocycles. The molecule has 2 aromatic rings. The molecule has 1 N–H and O–H groups in total. The average Bonchev–Trinajstić information content (AvgIpc) is 2.55. The Balaban J connectivity index is 1.78. The molecule has 6 nitrogen and oxygen atoms in total. The van der Waals surface area contributed by atoms with E-state index in [0.29, 0.717) is 31.1 Å². The largest absolute Gasteiger partial charge is 0.476 e. The minimum atomic E-state index is -1.12. The summed E-state index contributed by atoms with van der Waals surface area (Å²) in [5.74, 6) is -0.874. The number of rotatable bonds is 3. The molecule has 2 heterocycles. The third-order valence-electron chi connectivity index (χ3n) is 3.50. The third kappa shape index (κ3) is 2.89. The van der Waals surface area contributed by atoms with E-state index in [1.807, 2.05) is 4.90 Å². The molecule has 0 spiro atoms. The van der Waals surface area contributed by atoms with Crippen molar-refractivity contribution in [3.8, 4) is 0 Å². The zero-order valence-corrected chi connectivity index (χ0v) is 11.6. The van der Waals surface area contributed by atoms with Crippen LogP contribution >= 0.6 is 0 Å². The van der Waals surface area contributed by atoms with Crippen molar-refractivity contribution in [1.82, 2.24) is 9.97 Å². The van der Waals surface area contributed by atoms with E-state index in [0.717, 1.165) is 0 Å². The van der Waals surface area contributed by atoms with Crippen LogP contribution in [0, 0.1) is 5.82 Å². The van der Waals surface area contributed by atoms with Crippen molar-refractivity contribution in [2.45, 2.75) is 6.10 Å². The highest BCUT2D eigenvalue weighted by molar-refractivity contribution is 5.84. The summed E-state index contributed by atoms with van der Waals surface area (Å²) in [6.45, 7) is 1.45. The first-order valence-corrected chi connectivity index (χ1v) is 6.81. The van der Waals surface area contributed by atoms with Gasteiger partial charge >= 0.3 is 5.97 Å². The second kappa shape index (κ2) is 6.07. The molecule has 1 aliphatic rings. The summed E-state index contributed by atoms with van der Waals surface area (Å²) in [6.07, 6.45) is 2.23. The normalized spacial score (nSPS) is 18.2. The number of halogens is 1. The molecule has 3 rings (SSSR count). The van der Waals surface area contributed by atoms with Crippen molar-refractivity contribution < 1.29 is 19.0 Å². The number of ether oxygens (including phenoxy) is 1. The maximum Gasteiger partial charge on any atom is 0.356 e. The van der Waals surface area contributed by atoms with Gasteiger partial charge in [-0.2, -0.15) is 0 Å². The van der Waals surface area contributed by atoms with Gasteiger partial charge in [0.25, 0.3) is 0 Å². The molecule has 114 valence electrons. The molecule has 0 aliphatic carbocycles. The first kappa shape index (κ1) is 14.4. The summed E-state index contributed by atoms with van der Waals surface area (Å²) in [4.78, 5) is 20.6. The van der Waals surface area contributed by atoms with Crippen LogP contribution in [0.3, 0.4) is 0 Å². The van der Waals surface area contributed by atoms with Crippen molar-refractivity contribution in [3.63, 3.8) is 0 Å². The molecule has 0 bridgehead atoms. The van der Waals surface area contributed by atoms with Gasteiger partial charge in [0.15, 0.2) is 5.69 Å². The van der Waals surface area contributed by atoms with E-state index in [-0.39, 0.29) is 11.5 Å². The van der Waals surface area contributed by atoms with Crippen LogP contribution in [0.25, 0.3) is 0 Å². The van der Waals surface area contributed by atoms with E-state index in [4.69, 9.17) is 9.84 Å². The molecule has 1 aromatic carbocycles. The van der Waals surface area contributed by atoms with Crippen LogP contribution in [0.4, 0.5) is 10.2 Å². The quantitative estimate of drug-likeness (QED) is 0.933. The van der Waals surface area contributed by atoms with Gasteiger partial charge in [0.05, 0.1) is 25.5 Å². The first-order valence-electron chi connectivity index (χ1n) is 6.81. The van der Waals surface area contributed by atoms with Crippen molar-refractivity contribution in [2.75, 3.05) is 24.6 Å². The number of carboxylic acid groups (broad SMARTS) is 1. The summed E-state index contributed by atoms with van der Waals surface area (Å²) >= 11 is 0. The fourth-order valence-electron chi connectivity index (χ4n) is 2.38. The SMILES string of the molecule is O=C(O)c1cnc(N2CCOC(c3ccccc3F)C2)cn1. The zero-order chi connectivity index (χ0) is 15.5. The fourth-order valence-corrected chi connectivity index (χ4v) is 2.38. The molecule has 0 radical (unpaired) electrons. The van der Waals surface area contributed by atoms with Gasteiger partial charge in [0.1, 0.15) is 17.7 Å². The van der Waals surface area contributed by atoms with Crippen LogP contribution in [0.15, 0.2) is 36.7 Å². The second-order valence-corrected chi connectivity index (χ2v) is 4.89. The lowest BCUT2D eigenvalue weighted by Crippen LogP contribution is -2.39. The first-order chi connectivity index (χ1) is 10.6. The molecule has 22 heavy (non-hydrogen) atoms. The lowest BCUT2D eigenvalue weighted by molar-refractivity contribution is 0.0372. The maximum atomic E-state index is 13.9. The molecule has 0 amide bonds. The Morgan fingerprint density at radius 2 is 2.14 bits per heavy atom. The predicted molar refractivity (Wildman–Crippen MR) is 76.3 cm³/mol. The highest BCUT2D eigenvalue weighted by Crippen LogP contribution is 2.26. The average molecular weight is 303 g/mol. The Morgan fingerprint density at radius 3 is 2.82 bits per heavy atom. The van der Waals surface area contributed by atoms with Gasteiger partial charge in [-0.05, 0) is 6.07 Å². The van der Waals surface area contributed by atoms with E-state index in [1.54, 1.807) is 18.2 Å². The van der Waals surface area contributed by atoms with Gasteiger partial charge in [-0.3, -0.25) is 0 Å². The van der Waals surface area contributed by atoms with Gasteiger partial charge in [0.2, 0.25) is 0 Å². The summed E-state index contributed by atoms with van der Waals surface area (Å²) < 4.78 is 19.5. The molecule has 7 heteroatoms. The highest BCUT2D eigenvalue weighted by Gasteiger charge is 2.25. The van der Waals surface area contributed by atoms with Crippen LogP contribution < -0.4 is 4.90 Å². The summed E-state index contributed by atoms with van der Waals surface area (Å²) in [6, 6.07) is 6.50. The van der Waals surface area contributed by atoms with Gasteiger partial charge in [-0.25, -0.2) is 19.2 Å². The minimum absolute atomic E-state index is 0.109. The standard InChI is InChI=1S/C15H14FN3O3/c16-11-4-2-1-3-10(11)13-9-19(5-6-22-13)14-8-17-12(7-18-14)15(20)21/h1-4,7-8,13H,5-6,9H2,(H,20,21). The molecule has 0 saturated carbocycles. The van der Waals surface area contributed by atoms with Crippen LogP contribution in [0.2, 0.25) is 0 Å². The lowest BCUT2D eigenvalue weighted by atomic mass is 10.1. The predicted octanol–water partition coefficient (Wildman–Crippen LogP) is 1.89. The smallest absolute Gasteiger partial charge is 0.356 e. The van der Waals surface area contributed by atoms with Crippen molar-refractivity contribution >= 4 is 11.8 Å². The fraction of sp³-hybridized carbons (Fsp3) is 0.267. The molecule has 1 fully saturated rings. The van der Waals surface area contributed by atoms with E-state index in [1.165, 1.54) is 18.5 Å². The maximum absolute atomic E-state index is 13.9. The Hall–Kier alpha value is -2.54. The second-order valence-electron chi connectivity index (χ2n) is 4.89. The number of benzene rings is 1. The number of carboxylic acids is 1. The Morgan fingerprint density at radius 1 is 1.32 bits per heavy atom. The number of hydrogen-bond donors (Lipinski definition) is 1. The minimum Gasteiger partial charge on any atom is -0.476 e. The van der Waals surface area contributed by atoms with E-state index >= 15 is 0 Å². The monoisotopic (exact) mass is 303 g/mol. The van der Waals surface area contributed by atoms with Crippen LogP contribution in [-0.2, 0) is 4.74 Å². The highest BCUT2D eigenvalue weighted by atomic mass is 19.1. The molecular formula is C15H14FN3O3. The lowest BCUT2D eigenvalue weighted by Gasteiger charge is -2.33. The summed E-state index contributed by atoms with van der Waals surface area (Å²) in [7, 11) is 0. The number of morpholine rings is 1. The molecule has 1 saturated heterocycles. The topological polar surface area (TPSA) is 75.5 Å². The summed E-state index contributed by atoms with van der Waals surface area (Å²) in [5.41, 5.74) is 0.393. The number of hydrogen-bond acceptors (Lipinski definition) is 5. The van der Waals surface area contributed by atoms with Gasteiger partial charge in [-0.15, -0.1) is 0 Å². The van der Waals surface area contributed by atoms with Crippen molar-refractivity contribution in [3.05, 3.63) is 53.7 Å². The summed E-state index contributed by atoms with van der Waals surface area (Å²) in [5, 5.41) is 8.83. The van der Waals surface area contributed by atoms with Crippen LogP contribution in [0.5, 0.6) is 0 Å². The third-order valence-corrected chi connectivity index (χ3v) is 3.50. The van der Waals surface area contributed by atoms with E-state index in [9.17, 15) is 9.18 Å². The number of aromatic nitrogens is 2. The van der Waals surface area contributed by atoms with Gasteiger partial charge in [0, 0.05) is 12.1 Å². The number of carbonyl (C=O) groups is 1. The van der Waals surface area contributed by atoms with Gasteiger partial charge in [-0.1, -0.05) is 18.2 Å². The Labute approximate surface area is 126 Å². The van der Waals surface area contributed by atoms with Crippen LogP contribution in [-0.4, -0.2) is 40.7 Å². The molecule has 1 atom stereocenters. The number of anilines is 1. The van der Waals surface area contributed by atoms with Crippen molar-refractivity contribution in [1.29, 1.82) is 0 Å². The number of nitrogens with zero attached hydrogens (tertiary/aromatic N) is 3.